The van der Waals surface area contributed by atoms with E-state index in [9.17, 15) is 9.59 Å². The van der Waals surface area contributed by atoms with Crippen molar-refractivity contribution >= 4 is 41.4 Å². The molecule has 1 atom stereocenters. The number of nitrogens with zero attached hydrogens (tertiary/aromatic N) is 2. The highest BCUT2D eigenvalue weighted by atomic mass is 32.2. The Morgan fingerprint density at radius 2 is 2.14 bits per heavy atom. The van der Waals surface area contributed by atoms with Crippen LogP contribution in [0.4, 0.5) is 5.69 Å². The average Bonchev–Trinajstić information content (AvgIpc) is 3.07. The van der Waals surface area contributed by atoms with Crippen molar-refractivity contribution in [1.82, 2.24) is 10.7 Å². The van der Waals surface area contributed by atoms with Gasteiger partial charge in [-0.25, -0.2) is 10.4 Å². The Hall–Kier alpha value is -3.33. The molecule has 0 fully saturated rings. The third-order valence-electron chi connectivity index (χ3n) is 4.07. The summed E-state index contributed by atoms with van der Waals surface area (Å²) in [6.07, 6.45) is 3.46. The first-order valence-electron chi connectivity index (χ1n) is 8.83. The van der Waals surface area contributed by atoms with Gasteiger partial charge in [-0.3, -0.25) is 14.9 Å². The lowest BCUT2D eigenvalue weighted by molar-refractivity contribution is -0.123. The third-order valence-corrected chi connectivity index (χ3v) is 4.80. The molecule has 0 spiro atoms. The third kappa shape index (κ3) is 5.58. The van der Waals surface area contributed by atoms with E-state index in [0.717, 1.165) is 10.5 Å². The first kappa shape index (κ1) is 20.4. The van der Waals surface area contributed by atoms with Gasteiger partial charge in [-0.2, -0.15) is 5.10 Å². The van der Waals surface area contributed by atoms with Crippen molar-refractivity contribution in [1.29, 1.82) is 0 Å². The van der Waals surface area contributed by atoms with Crippen molar-refractivity contribution in [2.75, 3.05) is 18.7 Å². The van der Waals surface area contributed by atoms with Crippen LogP contribution in [0.1, 0.15) is 12.0 Å². The summed E-state index contributed by atoms with van der Waals surface area (Å²) in [6.45, 7) is 0. The maximum atomic E-state index is 12.3. The smallest absolute Gasteiger partial charge is 0.252 e. The highest BCUT2D eigenvalue weighted by molar-refractivity contribution is 7.98. The highest BCUT2D eigenvalue weighted by Gasteiger charge is 2.28. The van der Waals surface area contributed by atoms with Crippen LogP contribution < -0.4 is 20.8 Å². The number of benzene rings is 2. The molecule has 1 heterocycles. The Labute approximate surface area is 172 Å². The van der Waals surface area contributed by atoms with E-state index in [1.807, 2.05) is 48.7 Å². The SMILES string of the molecule is COc1ccccc1/C=N/NC1=NC(CC(=O)Nc2cccc(SC)c2)C(=O)N1. The molecule has 2 amide bonds. The Morgan fingerprint density at radius 1 is 1.31 bits per heavy atom. The standard InChI is InChI=1S/C20H21N5O3S/c1-28-17-9-4-3-6-13(17)12-21-25-20-23-16(19(27)24-20)11-18(26)22-14-7-5-8-15(10-14)29-2/h3-10,12,16H,11H2,1-2H3,(H,22,26)(H2,23,24,25,27)/b21-12+. The zero-order valence-corrected chi connectivity index (χ0v) is 16.8. The summed E-state index contributed by atoms with van der Waals surface area (Å²) < 4.78 is 5.24. The first-order chi connectivity index (χ1) is 14.1. The van der Waals surface area contributed by atoms with Crippen LogP contribution >= 0.6 is 11.8 Å². The summed E-state index contributed by atoms with van der Waals surface area (Å²) in [4.78, 5) is 29.6. The van der Waals surface area contributed by atoms with Crippen LogP contribution in [0.5, 0.6) is 5.75 Å². The summed E-state index contributed by atoms with van der Waals surface area (Å²) in [7, 11) is 1.58. The average molecular weight is 411 g/mol. The number of para-hydroxylation sites is 1. The molecule has 29 heavy (non-hydrogen) atoms. The first-order valence-corrected chi connectivity index (χ1v) is 10.1. The minimum absolute atomic E-state index is 0.0588. The molecule has 0 saturated carbocycles. The fourth-order valence-corrected chi connectivity index (χ4v) is 3.13. The number of carbonyl (C=O) groups excluding carboxylic acids is 2. The van der Waals surface area contributed by atoms with Gasteiger partial charge in [0.15, 0.2) is 0 Å². The van der Waals surface area contributed by atoms with E-state index in [-0.39, 0.29) is 24.2 Å². The fraction of sp³-hybridized carbons (Fsp3) is 0.200. The number of anilines is 1. The second-order valence-electron chi connectivity index (χ2n) is 6.08. The molecule has 1 aliphatic rings. The van der Waals surface area contributed by atoms with E-state index in [1.165, 1.54) is 0 Å². The number of ether oxygens (including phenoxy) is 1. The number of thioether (sulfide) groups is 1. The molecular weight excluding hydrogens is 390 g/mol. The number of rotatable bonds is 7. The minimum Gasteiger partial charge on any atom is -0.496 e. The van der Waals surface area contributed by atoms with E-state index in [4.69, 9.17) is 4.74 Å². The summed E-state index contributed by atoms with van der Waals surface area (Å²) in [5, 5.41) is 9.43. The summed E-state index contributed by atoms with van der Waals surface area (Å²) in [5.41, 5.74) is 4.14. The molecule has 1 unspecified atom stereocenters. The van der Waals surface area contributed by atoms with Crippen LogP contribution in [0, 0.1) is 0 Å². The van der Waals surface area contributed by atoms with Gasteiger partial charge in [0.2, 0.25) is 11.9 Å². The molecule has 9 heteroatoms. The molecule has 3 N–H and O–H groups in total. The number of methoxy groups -OCH3 is 1. The van der Waals surface area contributed by atoms with Crippen LogP contribution in [0.3, 0.4) is 0 Å². The van der Waals surface area contributed by atoms with Gasteiger partial charge in [0, 0.05) is 16.1 Å². The molecule has 0 radical (unpaired) electrons. The van der Waals surface area contributed by atoms with Crippen molar-refractivity contribution in [3.8, 4) is 5.75 Å². The Morgan fingerprint density at radius 3 is 2.93 bits per heavy atom. The van der Waals surface area contributed by atoms with Crippen molar-refractivity contribution in [3.05, 3.63) is 54.1 Å². The maximum Gasteiger partial charge on any atom is 0.252 e. The highest BCUT2D eigenvalue weighted by Crippen LogP contribution is 2.19. The topological polar surface area (TPSA) is 104 Å². The summed E-state index contributed by atoms with van der Waals surface area (Å²) in [6, 6.07) is 14.1. The number of carbonyl (C=O) groups is 2. The molecule has 1 aliphatic heterocycles. The van der Waals surface area contributed by atoms with Crippen molar-refractivity contribution in [3.63, 3.8) is 0 Å². The monoisotopic (exact) mass is 411 g/mol. The van der Waals surface area contributed by atoms with Crippen LogP contribution in [0.2, 0.25) is 0 Å². The van der Waals surface area contributed by atoms with Crippen LogP contribution in [-0.2, 0) is 9.59 Å². The van der Waals surface area contributed by atoms with Crippen molar-refractivity contribution in [2.45, 2.75) is 17.4 Å². The molecule has 8 nitrogen and oxygen atoms in total. The molecular formula is C20H21N5O3S. The molecule has 3 rings (SSSR count). The van der Waals surface area contributed by atoms with Gasteiger partial charge in [-0.05, 0) is 36.6 Å². The second-order valence-corrected chi connectivity index (χ2v) is 6.96. The molecule has 0 aliphatic carbocycles. The number of hydrogen-bond acceptors (Lipinski definition) is 7. The fourth-order valence-electron chi connectivity index (χ4n) is 2.67. The van der Waals surface area contributed by atoms with Crippen LogP contribution in [0.15, 0.2) is 63.5 Å². The largest absolute Gasteiger partial charge is 0.496 e. The zero-order chi connectivity index (χ0) is 20.6. The number of nitrogens with one attached hydrogen (secondary N) is 3. The molecule has 2 aromatic rings. The predicted octanol–water partition coefficient (Wildman–Crippen LogP) is 2.22. The summed E-state index contributed by atoms with van der Waals surface area (Å²) in [5.74, 6) is 0.234. The van der Waals surface area contributed by atoms with E-state index in [1.54, 1.807) is 31.2 Å². The van der Waals surface area contributed by atoms with Gasteiger partial charge in [0.05, 0.1) is 19.7 Å². The van der Waals surface area contributed by atoms with E-state index >= 15 is 0 Å². The number of amides is 2. The number of hydrazone groups is 1. The van der Waals surface area contributed by atoms with Crippen LogP contribution in [0.25, 0.3) is 0 Å². The summed E-state index contributed by atoms with van der Waals surface area (Å²) >= 11 is 1.59. The van der Waals surface area contributed by atoms with Gasteiger partial charge in [0.25, 0.3) is 5.91 Å². The van der Waals surface area contributed by atoms with Crippen molar-refractivity contribution < 1.29 is 14.3 Å². The number of guanidine groups is 1. The molecule has 0 aromatic heterocycles. The lowest BCUT2D eigenvalue weighted by Gasteiger charge is -2.07. The molecule has 0 saturated heterocycles. The van der Waals surface area contributed by atoms with E-state index < -0.39 is 6.04 Å². The van der Waals surface area contributed by atoms with Gasteiger partial charge >= 0.3 is 0 Å². The van der Waals surface area contributed by atoms with Gasteiger partial charge < -0.3 is 10.1 Å². The maximum absolute atomic E-state index is 12.3. The Kier molecular flexibility index (Phi) is 6.85. The molecule has 2 aromatic carbocycles. The Bertz CT molecular complexity index is 961. The zero-order valence-electron chi connectivity index (χ0n) is 16.0. The number of aliphatic imine (C=N–C) groups is 1. The van der Waals surface area contributed by atoms with E-state index in [2.05, 4.69) is 26.2 Å². The molecule has 0 bridgehead atoms. The van der Waals surface area contributed by atoms with Crippen LogP contribution in [-0.4, -0.2) is 43.4 Å². The number of hydrogen-bond donors (Lipinski definition) is 3. The van der Waals surface area contributed by atoms with Crippen molar-refractivity contribution in [2.24, 2.45) is 10.1 Å². The lowest BCUT2D eigenvalue weighted by atomic mass is 10.2. The minimum atomic E-state index is -0.803. The Balaban J connectivity index is 1.56. The van der Waals surface area contributed by atoms with E-state index in [0.29, 0.717) is 11.4 Å². The second kappa shape index (κ2) is 9.74. The van der Waals surface area contributed by atoms with Gasteiger partial charge in [-0.15, -0.1) is 11.8 Å². The lowest BCUT2D eigenvalue weighted by Crippen LogP contribution is -2.35. The quantitative estimate of drug-likeness (QED) is 0.368. The van der Waals surface area contributed by atoms with Gasteiger partial charge in [-0.1, -0.05) is 18.2 Å². The normalized spacial score (nSPS) is 15.7. The molecule has 150 valence electrons. The van der Waals surface area contributed by atoms with Gasteiger partial charge in [0.1, 0.15) is 11.8 Å². The predicted molar refractivity (Wildman–Crippen MR) is 115 cm³/mol.